The van der Waals surface area contributed by atoms with E-state index in [1.165, 1.54) is 11.8 Å². The zero-order valence-corrected chi connectivity index (χ0v) is 10.8. The third-order valence-electron chi connectivity index (χ3n) is 2.59. The van der Waals surface area contributed by atoms with Crippen LogP contribution in [0.15, 0.2) is 0 Å². The lowest BCUT2D eigenvalue weighted by Gasteiger charge is -2.31. The molecule has 1 fully saturated rings. The van der Waals surface area contributed by atoms with Crippen molar-refractivity contribution < 1.29 is 29.7 Å². The molecular formula is C9H18O6S2. The van der Waals surface area contributed by atoms with Crippen molar-refractivity contribution in [2.75, 3.05) is 18.1 Å². The normalized spacial score (nSPS) is 32.8. The predicted molar refractivity (Wildman–Crippen MR) is 65.0 cm³/mol. The summed E-state index contributed by atoms with van der Waals surface area (Å²) in [5, 5.41) is 46.7. The standard InChI is InChI=1S/C9H18O6S2/c10-4-5(11)6(12)7(13)8(14)9-16-2-1-3-17(9)15/h5-14H,1-4H2. The predicted octanol–water partition coefficient (Wildman–Crippen LogP) is -2.37. The van der Waals surface area contributed by atoms with Crippen molar-refractivity contribution in [2.45, 2.75) is 35.4 Å². The molecule has 0 saturated carbocycles. The largest absolute Gasteiger partial charge is 0.394 e. The van der Waals surface area contributed by atoms with Crippen LogP contribution in [0, 0.1) is 0 Å². The summed E-state index contributed by atoms with van der Waals surface area (Å²) in [5.41, 5.74) is 0. The lowest BCUT2D eigenvalue weighted by Crippen LogP contribution is -2.50. The Kier molecular flexibility index (Phi) is 6.35. The molecule has 0 radical (unpaired) electrons. The molecule has 5 N–H and O–H groups in total. The first-order chi connectivity index (χ1) is 7.99. The van der Waals surface area contributed by atoms with Gasteiger partial charge >= 0.3 is 0 Å². The van der Waals surface area contributed by atoms with Crippen molar-refractivity contribution >= 4 is 22.6 Å². The van der Waals surface area contributed by atoms with Crippen LogP contribution in [0.4, 0.5) is 0 Å². The molecule has 17 heavy (non-hydrogen) atoms. The Morgan fingerprint density at radius 1 is 1.24 bits per heavy atom. The molecule has 0 aromatic carbocycles. The van der Waals surface area contributed by atoms with E-state index in [1.807, 2.05) is 0 Å². The molecule has 6 unspecified atom stereocenters. The third kappa shape index (κ3) is 3.88. The smallest absolute Gasteiger partial charge is 0.111 e. The summed E-state index contributed by atoms with van der Waals surface area (Å²) >= 11 is 1.28. The molecule has 1 saturated heterocycles. The lowest BCUT2D eigenvalue weighted by atomic mass is 10.0. The van der Waals surface area contributed by atoms with E-state index in [-0.39, 0.29) is 0 Å². The topological polar surface area (TPSA) is 118 Å². The molecule has 1 rings (SSSR count). The van der Waals surface area contributed by atoms with Gasteiger partial charge < -0.3 is 25.5 Å². The highest BCUT2D eigenvalue weighted by atomic mass is 32.2. The van der Waals surface area contributed by atoms with Gasteiger partial charge in [0, 0.05) is 16.6 Å². The fraction of sp³-hybridized carbons (Fsp3) is 1.00. The summed E-state index contributed by atoms with van der Waals surface area (Å²) in [5.74, 6) is 1.19. The van der Waals surface area contributed by atoms with E-state index in [4.69, 9.17) is 10.2 Å². The van der Waals surface area contributed by atoms with Crippen LogP contribution in [0.5, 0.6) is 0 Å². The van der Waals surface area contributed by atoms with Gasteiger partial charge in [-0.25, -0.2) is 0 Å². The molecule has 0 aromatic rings. The molecule has 0 aliphatic carbocycles. The highest BCUT2D eigenvalue weighted by Gasteiger charge is 2.38. The molecule has 102 valence electrons. The maximum Gasteiger partial charge on any atom is 0.111 e. The van der Waals surface area contributed by atoms with E-state index in [9.17, 15) is 19.5 Å². The van der Waals surface area contributed by atoms with Gasteiger partial charge in [-0.1, -0.05) is 0 Å². The highest BCUT2D eigenvalue weighted by molar-refractivity contribution is 8.11. The van der Waals surface area contributed by atoms with Crippen LogP contribution in [-0.2, 0) is 10.8 Å². The quantitative estimate of drug-likeness (QED) is 0.383. The zero-order valence-electron chi connectivity index (χ0n) is 9.18. The number of hydrogen-bond donors (Lipinski definition) is 5. The van der Waals surface area contributed by atoms with Crippen molar-refractivity contribution in [1.29, 1.82) is 0 Å². The summed E-state index contributed by atoms with van der Waals surface area (Å²) in [4.78, 5) is 0. The second-order valence-electron chi connectivity index (χ2n) is 3.90. The molecule has 1 aliphatic heterocycles. The second-order valence-corrected chi connectivity index (χ2v) is 7.12. The SMILES string of the molecule is O=S1CCCSC1C(O)C(O)C(O)C(O)CO. The van der Waals surface area contributed by atoms with Crippen LogP contribution < -0.4 is 0 Å². The maximum absolute atomic E-state index is 11.6. The molecule has 6 nitrogen and oxygen atoms in total. The highest BCUT2D eigenvalue weighted by Crippen LogP contribution is 2.27. The maximum atomic E-state index is 11.6. The Bertz CT molecular complexity index is 264. The van der Waals surface area contributed by atoms with E-state index in [2.05, 4.69) is 0 Å². The van der Waals surface area contributed by atoms with Crippen LogP contribution in [-0.4, -0.2) is 76.9 Å². The summed E-state index contributed by atoms with van der Waals surface area (Å²) in [6, 6.07) is 0. The van der Waals surface area contributed by atoms with E-state index in [1.54, 1.807) is 0 Å². The van der Waals surface area contributed by atoms with E-state index in [0.29, 0.717) is 5.75 Å². The first-order valence-corrected chi connectivity index (χ1v) is 7.74. The Hall–Kier alpha value is 0.300. The molecule has 8 heteroatoms. The molecule has 1 heterocycles. The van der Waals surface area contributed by atoms with Gasteiger partial charge in [-0.15, -0.1) is 11.8 Å². The van der Waals surface area contributed by atoms with E-state index in [0.717, 1.165) is 12.2 Å². The van der Waals surface area contributed by atoms with Crippen molar-refractivity contribution in [3.05, 3.63) is 0 Å². The van der Waals surface area contributed by atoms with Crippen LogP contribution in [0.2, 0.25) is 0 Å². The number of aliphatic hydroxyl groups is 5. The van der Waals surface area contributed by atoms with Crippen LogP contribution in [0.25, 0.3) is 0 Å². The molecule has 0 spiro atoms. The van der Waals surface area contributed by atoms with Crippen molar-refractivity contribution in [1.82, 2.24) is 0 Å². The fourth-order valence-corrected chi connectivity index (χ4v) is 4.95. The van der Waals surface area contributed by atoms with Gasteiger partial charge in [0.25, 0.3) is 0 Å². The Labute approximate surface area is 106 Å². The van der Waals surface area contributed by atoms with Crippen LogP contribution in [0.1, 0.15) is 6.42 Å². The van der Waals surface area contributed by atoms with Gasteiger partial charge in [0.1, 0.15) is 29.0 Å². The van der Waals surface area contributed by atoms with E-state index >= 15 is 0 Å². The number of aliphatic hydroxyl groups excluding tert-OH is 5. The van der Waals surface area contributed by atoms with Crippen molar-refractivity contribution in [3.8, 4) is 0 Å². The Morgan fingerprint density at radius 2 is 1.88 bits per heavy atom. The second kappa shape index (κ2) is 7.03. The zero-order chi connectivity index (χ0) is 13.0. The molecule has 6 atom stereocenters. The lowest BCUT2D eigenvalue weighted by molar-refractivity contribution is -0.111. The summed E-state index contributed by atoms with van der Waals surface area (Å²) < 4.78 is 11.0. The summed E-state index contributed by atoms with van der Waals surface area (Å²) in [6.07, 6.45) is -5.41. The van der Waals surface area contributed by atoms with Crippen LogP contribution in [0.3, 0.4) is 0 Å². The minimum absolute atomic E-state index is 0.458. The monoisotopic (exact) mass is 286 g/mol. The first kappa shape index (κ1) is 15.4. The summed E-state index contributed by atoms with van der Waals surface area (Å²) in [6.45, 7) is -0.716. The molecular weight excluding hydrogens is 268 g/mol. The van der Waals surface area contributed by atoms with Gasteiger partial charge in [0.05, 0.1) is 6.61 Å². The third-order valence-corrected chi connectivity index (χ3v) is 6.26. The summed E-state index contributed by atoms with van der Waals surface area (Å²) in [7, 11) is -1.26. The van der Waals surface area contributed by atoms with Crippen LogP contribution >= 0.6 is 11.8 Å². The minimum Gasteiger partial charge on any atom is -0.394 e. The fourth-order valence-electron chi connectivity index (χ4n) is 1.55. The van der Waals surface area contributed by atoms with Crippen molar-refractivity contribution in [2.24, 2.45) is 0 Å². The molecule has 0 bridgehead atoms. The minimum atomic E-state index is -1.66. The first-order valence-electron chi connectivity index (χ1n) is 5.31. The average molecular weight is 286 g/mol. The Morgan fingerprint density at radius 3 is 2.41 bits per heavy atom. The van der Waals surface area contributed by atoms with Crippen molar-refractivity contribution in [3.63, 3.8) is 0 Å². The van der Waals surface area contributed by atoms with Gasteiger partial charge in [-0.2, -0.15) is 0 Å². The van der Waals surface area contributed by atoms with Gasteiger partial charge in [-0.05, 0) is 12.2 Å². The number of thioether (sulfide) groups is 1. The van der Waals surface area contributed by atoms with Gasteiger partial charge in [0.2, 0.25) is 0 Å². The number of hydrogen-bond acceptors (Lipinski definition) is 7. The Balaban J connectivity index is 2.61. The average Bonchev–Trinajstić information content (AvgIpc) is 2.35. The molecule has 0 aromatic heterocycles. The molecule has 0 amide bonds. The number of rotatable bonds is 5. The van der Waals surface area contributed by atoms with E-state index < -0.39 is 46.4 Å². The molecule has 1 aliphatic rings. The van der Waals surface area contributed by atoms with Gasteiger partial charge in [-0.3, -0.25) is 4.21 Å². The van der Waals surface area contributed by atoms with Gasteiger partial charge in [0.15, 0.2) is 0 Å².